The van der Waals surface area contributed by atoms with Crippen molar-refractivity contribution in [1.29, 1.82) is 0 Å². The second kappa shape index (κ2) is 3.15. The minimum absolute atomic E-state index is 0.591. The molecule has 3 rings (SSSR count). The van der Waals surface area contributed by atoms with Crippen LogP contribution in [0.2, 0.25) is 0 Å². The zero-order valence-electron chi connectivity index (χ0n) is 8.02. The molecule has 1 heterocycles. The van der Waals surface area contributed by atoms with Gasteiger partial charge in [0.2, 0.25) is 4.77 Å². The second-order valence-electron chi connectivity index (χ2n) is 4.63. The molecule has 2 saturated carbocycles. The highest BCUT2D eigenvalue weighted by molar-refractivity contribution is 7.71. The lowest BCUT2D eigenvalue weighted by Gasteiger charge is -2.20. The number of nitrogens with zero attached hydrogens (tertiary/aromatic N) is 3. The predicted octanol–water partition coefficient (Wildman–Crippen LogP) is 1.77. The third-order valence-electron chi connectivity index (χ3n) is 3.83. The summed E-state index contributed by atoms with van der Waals surface area (Å²) in [5.74, 6) is 2.74. The number of hydrogen-bond donors (Lipinski definition) is 1. The smallest absolute Gasteiger partial charge is 0.238 e. The number of H-pyrrole nitrogens is 1. The molecular formula is C9H14N4S. The maximum Gasteiger partial charge on any atom is 0.238 e. The molecule has 0 saturated heterocycles. The van der Waals surface area contributed by atoms with Crippen LogP contribution >= 0.6 is 12.2 Å². The zero-order valence-corrected chi connectivity index (χ0v) is 8.83. The summed E-state index contributed by atoms with van der Waals surface area (Å²) in [5.41, 5.74) is 0. The van der Waals surface area contributed by atoms with Gasteiger partial charge in [-0.1, -0.05) is 16.7 Å². The predicted molar refractivity (Wildman–Crippen MR) is 54.1 cm³/mol. The minimum atomic E-state index is 0.591. The Labute approximate surface area is 87.7 Å². The molecule has 2 fully saturated rings. The minimum Gasteiger partial charge on any atom is -0.242 e. The molecule has 2 aliphatic rings. The van der Waals surface area contributed by atoms with E-state index >= 15 is 0 Å². The Kier molecular flexibility index (Phi) is 1.93. The third-order valence-corrected chi connectivity index (χ3v) is 4.14. The van der Waals surface area contributed by atoms with Crippen molar-refractivity contribution in [2.45, 2.75) is 32.2 Å². The summed E-state index contributed by atoms with van der Waals surface area (Å²) in [5, 5.41) is 10.3. The number of aromatic nitrogens is 4. The van der Waals surface area contributed by atoms with Crippen molar-refractivity contribution in [3.8, 4) is 0 Å². The first-order valence-corrected chi connectivity index (χ1v) is 5.71. The zero-order chi connectivity index (χ0) is 9.54. The maximum atomic E-state index is 5.06. The van der Waals surface area contributed by atoms with Gasteiger partial charge in [-0.3, -0.25) is 0 Å². The van der Waals surface area contributed by atoms with Gasteiger partial charge >= 0.3 is 0 Å². The fourth-order valence-corrected chi connectivity index (χ4v) is 3.33. The molecule has 0 amide bonds. The van der Waals surface area contributed by atoms with Crippen LogP contribution in [-0.2, 0) is 6.54 Å². The Balaban J connectivity index is 1.74. The molecule has 76 valence electrons. The van der Waals surface area contributed by atoms with E-state index in [0.29, 0.717) is 4.77 Å². The van der Waals surface area contributed by atoms with Gasteiger partial charge in [0.1, 0.15) is 0 Å². The SMILES string of the molecule is S=c1nn[nH]n1CC1CC2CCC1C2. The number of fused-ring (bicyclic) bond motifs is 2. The molecule has 3 unspecified atom stereocenters. The standard InChI is InChI=1S/C9H14N4S/c14-9-10-11-12-13(9)5-8-4-6-1-2-7(8)3-6/h6-8H,1-5H2,(H,10,12,14). The van der Waals surface area contributed by atoms with E-state index in [1.807, 2.05) is 4.68 Å². The van der Waals surface area contributed by atoms with Gasteiger partial charge in [0.25, 0.3) is 0 Å². The summed E-state index contributed by atoms with van der Waals surface area (Å²) < 4.78 is 2.49. The van der Waals surface area contributed by atoms with Crippen LogP contribution in [0.25, 0.3) is 0 Å². The summed E-state index contributed by atoms with van der Waals surface area (Å²) in [6, 6.07) is 0. The van der Waals surface area contributed by atoms with E-state index in [-0.39, 0.29) is 0 Å². The van der Waals surface area contributed by atoms with Crippen molar-refractivity contribution in [1.82, 2.24) is 20.2 Å². The summed E-state index contributed by atoms with van der Waals surface area (Å²) in [4.78, 5) is 0. The van der Waals surface area contributed by atoms with Crippen molar-refractivity contribution in [3.63, 3.8) is 0 Å². The highest BCUT2D eigenvalue weighted by atomic mass is 32.1. The molecule has 1 aromatic rings. The van der Waals surface area contributed by atoms with Gasteiger partial charge in [-0.25, -0.2) is 4.68 Å². The van der Waals surface area contributed by atoms with Crippen molar-refractivity contribution in [2.24, 2.45) is 17.8 Å². The highest BCUT2D eigenvalue weighted by Gasteiger charge is 2.39. The molecule has 0 radical (unpaired) electrons. The van der Waals surface area contributed by atoms with Crippen LogP contribution in [-0.4, -0.2) is 20.2 Å². The monoisotopic (exact) mass is 210 g/mol. The first-order chi connectivity index (χ1) is 6.83. The molecule has 5 heteroatoms. The quantitative estimate of drug-likeness (QED) is 0.757. The van der Waals surface area contributed by atoms with Crippen LogP contribution in [0.5, 0.6) is 0 Å². The number of aromatic amines is 1. The molecule has 4 nitrogen and oxygen atoms in total. The Morgan fingerprint density at radius 3 is 2.93 bits per heavy atom. The average molecular weight is 210 g/mol. The Morgan fingerprint density at radius 1 is 1.43 bits per heavy atom. The lowest BCUT2D eigenvalue weighted by Crippen LogP contribution is -2.18. The number of nitrogens with one attached hydrogen (secondary N) is 1. The molecule has 2 bridgehead atoms. The van der Waals surface area contributed by atoms with E-state index in [4.69, 9.17) is 12.2 Å². The van der Waals surface area contributed by atoms with Crippen LogP contribution in [0.3, 0.4) is 0 Å². The molecule has 14 heavy (non-hydrogen) atoms. The summed E-state index contributed by atoms with van der Waals surface area (Å²) in [6.07, 6.45) is 5.70. The van der Waals surface area contributed by atoms with Crippen LogP contribution in [0, 0.1) is 22.5 Å². The van der Waals surface area contributed by atoms with E-state index in [1.54, 1.807) is 0 Å². The lowest BCUT2D eigenvalue weighted by molar-refractivity contribution is 0.282. The largest absolute Gasteiger partial charge is 0.242 e. The van der Waals surface area contributed by atoms with Gasteiger partial charge in [-0.2, -0.15) is 5.21 Å². The molecular weight excluding hydrogens is 196 g/mol. The van der Waals surface area contributed by atoms with E-state index in [2.05, 4.69) is 15.5 Å². The summed E-state index contributed by atoms with van der Waals surface area (Å²) in [7, 11) is 0. The van der Waals surface area contributed by atoms with Gasteiger partial charge in [-0.05, 0) is 49.2 Å². The van der Waals surface area contributed by atoms with E-state index in [0.717, 1.165) is 24.3 Å². The first-order valence-electron chi connectivity index (χ1n) is 5.31. The fourth-order valence-electron chi connectivity index (χ4n) is 3.17. The van der Waals surface area contributed by atoms with Gasteiger partial charge in [0.15, 0.2) is 0 Å². The van der Waals surface area contributed by atoms with E-state index in [9.17, 15) is 0 Å². The van der Waals surface area contributed by atoms with E-state index in [1.165, 1.54) is 25.7 Å². The lowest BCUT2D eigenvalue weighted by atomic mass is 9.89. The van der Waals surface area contributed by atoms with Crippen molar-refractivity contribution in [2.75, 3.05) is 0 Å². The number of tetrazole rings is 1. The highest BCUT2D eigenvalue weighted by Crippen LogP contribution is 2.48. The van der Waals surface area contributed by atoms with Crippen LogP contribution in [0.15, 0.2) is 0 Å². The average Bonchev–Trinajstić information content (AvgIpc) is 2.83. The topological polar surface area (TPSA) is 46.5 Å². The molecule has 0 spiro atoms. The van der Waals surface area contributed by atoms with Crippen molar-refractivity contribution >= 4 is 12.2 Å². The van der Waals surface area contributed by atoms with Gasteiger partial charge < -0.3 is 0 Å². The van der Waals surface area contributed by atoms with Gasteiger partial charge in [0, 0.05) is 6.54 Å². The summed E-state index contributed by atoms with van der Waals surface area (Å²) in [6.45, 7) is 0.993. The van der Waals surface area contributed by atoms with Crippen LogP contribution in [0.4, 0.5) is 0 Å². The molecule has 3 atom stereocenters. The third kappa shape index (κ3) is 1.30. The van der Waals surface area contributed by atoms with E-state index < -0.39 is 0 Å². The maximum absolute atomic E-state index is 5.06. The normalized spacial score (nSPS) is 35.3. The number of rotatable bonds is 2. The molecule has 0 aromatic carbocycles. The second-order valence-corrected chi connectivity index (χ2v) is 4.99. The first kappa shape index (κ1) is 8.59. The van der Waals surface area contributed by atoms with Gasteiger partial charge in [-0.15, -0.1) is 0 Å². The molecule has 2 aliphatic carbocycles. The summed E-state index contributed by atoms with van der Waals surface area (Å²) >= 11 is 5.06. The fraction of sp³-hybridized carbons (Fsp3) is 0.889. The Morgan fingerprint density at radius 2 is 2.36 bits per heavy atom. The molecule has 1 aromatic heterocycles. The Bertz CT molecular complexity index is 382. The molecule has 0 aliphatic heterocycles. The molecule has 1 N–H and O–H groups in total. The van der Waals surface area contributed by atoms with Gasteiger partial charge in [0.05, 0.1) is 0 Å². The van der Waals surface area contributed by atoms with Crippen LogP contribution < -0.4 is 0 Å². The number of hydrogen-bond acceptors (Lipinski definition) is 3. The Hall–Kier alpha value is -0.710. The van der Waals surface area contributed by atoms with Crippen molar-refractivity contribution in [3.05, 3.63) is 4.77 Å². The van der Waals surface area contributed by atoms with Crippen LogP contribution in [0.1, 0.15) is 25.7 Å². The van der Waals surface area contributed by atoms with Crippen molar-refractivity contribution < 1.29 is 0 Å².